The van der Waals surface area contributed by atoms with Crippen molar-refractivity contribution in [1.29, 1.82) is 0 Å². The zero-order valence-electron chi connectivity index (χ0n) is 15.0. The summed E-state index contributed by atoms with van der Waals surface area (Å²) in [6.45, 7) is 3.73. The summed E-state index contributed by atoms with van der Waals surface area (Å²) in [7, 11) is 4.22. The number of rotatable bonds is 5. The maximum Gasteiger partial charge on any atom is 0.256 e. The van der Waals surface area contributed by atoms with Crippen molar-refractivity contribution >= 4 is 5.91 Å². The van der Waals surface area contributed by atoms with Gasteiger partial charge in [-0.3, -0.25) is 9.69 Å². The highest BCUT2D eigenvalue weighted by atomic mass is 16.2. The predicted molar refractivity (Wildman–Crippen MR) is 99.4 cm³/mol. The van der Waals surface area contributed by atoms with Gasteiger partial charge in [-0.1, -0.05) is 48.5 Å². The fourth-order valence-corrected chi connectivity index (χ4v) is 4.41. The molecule has 0 aromatic heterocycles. The maximum absolute atomic E-state index is 13.1. The van der Waals surface area contributed by atoms with Crippen molar-refractivity contribution in [2.24, 2.45) is 0 Å². The molecule has 1 atom stereocenters. The molecule has 0 bridgehead atoms. The van der Waals surface area contributed by atoms with Crippen LogP contribution in [0.2, 0.25) is 0 Å². The molecule has 2 aliphatic heterocycles. The molecular formula is C21H25N3O. The monoisotopic (exact) mass is 335 g/mol. The number of hydrogen-bond donors (Lipinski definition) is 0. The van der Waals surface area contributed by atoms with Gasteiger partial charge in [0.2, 0.25) is 0 Å². The van der Waals surface area contributed by atoms with Crippen LogP contribution >= 0.6 is 0 Å². The van der Waals surface area contributed by atoms with Gasteiger partial charge in [0.05, 0.1) is 0 Å². The van der Waals surface area contributed by atoms with Crippen LogP contribution in [0.4, 0.5) is 0 Å². The van der Waals surface area contributed by atoms with E-state index in [1.54, 1.807) is 0 Å². The second-order valence-electron chi connectivity index (χ2n) is 7.18. The second kappa shape index (κ2) is 6.28. The van der Waals surface area contributed by atoms with Crippen LogP contribution < -0.4 is 0 Å². The third-order valence-electron chi connectivity index (χ3n) is 5.43. The molecule has 4 rings (SSSR count). The van der Waals surface area contributed by atoms with Gasteiger partial charge >= 0.3 is 0 Å². The van der Waals surface area contributed by atoms with Gasteiger partial charge in [0.15, 0.2) is 0 Å². The number of nitrogens with zero attached hydrogens (tertiary/aromatic N) is 3. The number of fused-ring (bicyclic) bond motifs is 3. The van der Waals surface area contributed by atoms with Crippen molar-refractivity contribution in [3.8, 4) is 0 Å². The Hall–Kier alpha value is -2.17. The van der Waals surface area contributed by atoms with Gasteiger partial charge in [-0.15, -0.1) is 0 Å². The van der Waals surface area contributed by atoms with E-state index in [9.17, 15) is 4.79 Å². The Kier molecular flexibility index (Phi) is 4.10. The fourth-order valence-electron chi connectivity index (χ4n) is 4.41. The van der Waals surface area contributed by atoms with Crippen molar-refractivity contribution in [3.05, 3.63) is 71.3 Å². The molecule has 0 saturated carbocycles. The molecule has 2 aromatic rings. The second-order valence-corrected chi connectivity index (χ2v) is 7.18. The summed E-state index contributed by atoms with van der Waals surface area (Å²) in [6.07, 6.45) is 1.09. The molecule has 1 amide bonds. The molecule has 130 valence electrons. The maximum atomic E-state index is 13.1. The Bertz CT molecular complexity index is 774. The molecule has 4 nitrogen and oxygen atoms in total. The SMILES string of the molecule is CN(C)CCCN1CCN2C(=O)c3ccccc3C12c1ccccc1. The molecule has 0 radical (unpaired) electrons. The minimum Gasteiger partial charge on any atom is -0.311 e. The topological polar surface area (TPSA) is 26.8 Å². The molecule has 0 aliphatic carbocycles. The lowest BCUT2D eigenvalue weighted by Gasteiger charge is -2.40. The largest absolute Gasteiger partial charge is 0.311 e. The highest BCUT2D eigenvalue weighted by molar-refractivity contribution is 6.01. The van der Waals surface area contributed by atoms with Crippen LogP contribution in [0.5, 0.6) is 0 Å². The molecule has 2 heterocycles. The summed E-state index contributed by atoms with van der Waals surface area (Å²) in [5, 5.41) is 0. The number of hydrogen-bond acceptors (Lipinski definition) is 3. The Morgan fingerprint density at radius 3 is 2.48 bits per heavy atom. The quantitative estimate of drug-likeness (QED) is 0.840. The van der Waals surface area contributed by atoms with Crippen molar-refractivity contribution < 1.29 is 4.79 Å². The van der Waals surface area contributed by atoms with E-state index >= 15 is 0 Å². The molecule has 25 heavy (non-hydrogen) atoms. The Balaban J connectivity index is 1.82. The van der Waals surface area contributed by atoms with Crippen LogP contribution in [0.25, 0.3) is 0 Å². The van der Waals surface area contributed by atoms with Gasteiger partial charge in [-0.2, -0.15) is 0 Å². The molecule has 4 heteroatoms. The molecule has 2 aromatic carbocycles. The van der Waals surface area contributed by atoms with Crippen molar-refractivity contribution in [3.63, 3.8) is 0 Å². The fraction of sp³-hybridized carbons (Fsp3) is 0.381. The number of benzene rings is 2. The Labute approximate surface area is 149 Å². The molecule has 0 N–H and O–H groups in total. The van der Waals surface area contributed by atoms with Crippen LogP contribution in [0.3, 0.4) is 0 Å². The van der Waals surface area contributed by atoms with E-state index in [1.165, 1.54) is 5.56 Å². The van der Waals surface area contributed by atoms with Crippen LogP contribution in [0.15, 0.2) is 54.6 Å². The highest BCUT2D eigenvalue weighted by Crippen LogP contribution is 2.49. The van der Waals surface area contributed by atoms with E-state index in [0.29, 0.717) is 0 Å². The van der Waals surface area contributed by atoms with Gasteiger partial charge in [0, 0.05) is 30.8 Å². The van der Waals surface area contributed by atoms with Gasteiger partial charge in [0.25, 0.3) is 5.91 Å². The zero-order valence-corrected chi connectivity index (χ0v) is 15.0. The van der Waals surface area contributed by atoms with E-state index in [2.05, 4.69) is 65.2 Å². The van der Waals surface area contributed by atoms with E-state index in [0.717, 1.165) is 43.7 Å². The summed E-state index contributed by atoms with van der Waals surface area (Å²) < 4.78 is 0. The average Bonchev–Trinajstić information content (AvgIpc) is 3.12. The van der Waals surface area contributed by atoms with Crippen LogP contribution in [0, 0.1) is 0 Å². The number of carbonyl (C=O) groups is 1. The third kappa shape index (κ3) is 2.40. The van der Waals surface area contributed by atoms with Crippen molar-refractivity contribution in [2.75, 3.05) is 40.3 Å². The minimum absolute atomic E-state index is 0.162. The number of amides is 1. The molecule has 2 aliphatic rings. The zero-order chi connectivity index (χ0) is 17.4. The van der Waals surface area contributed by atoms with E-state index in [1.807, 2.05) is 18.2 Å². The van der Waals surface area contributed by atoms with Gasteiger partial charge in [0.1, 0.15) is 5.66 Å². The lowest BCUT2D eigenvalue weighted by molar-refractivity contribution is 0.0446. The summed E-state index contributed by atoms with van der Waals surface area (Å²) in [5.74, 6) is 0.162. The van der Waals surface area contributed by atoms with Gasteiger partial charge in [-0.05, 0) is 38.7 Å². The van der Waals surface area contributed by atoms with Gasteiger partial charge in [-0.25, -0.2) is 0 Å². The van der Waals surface area contributed by atoms with Crippen LogP contribution in [-0.2, 0) is 5.66 Å². The first kappa shape index (κ1) is 16.3. The minimum atomic E-state index is -0.443. The summed E-state index contributed by atoms with van der Waals surface area (Å²) in [6, 6.07) is 18.6. The summed E-state index contributed by atoms with van der Waals surface area (Å²) in [5.41, 5.74) is 2.73. The Morgan fingerprint density at radius 2 is 1.72 bits per heavy atom. The standard InChI is InChI=1S/C21H25N3O/c1-22(2)13-8-14-23-15-16-24-20(25)18-11-6-7-12-19(18)21(23,24)17-9-4-3-5-10-17/h3-7,9-12H,8,13-16H2,1-2H3. The summed E-state index contributed by atoms with van der Waals surface area (Å²) in [4.78, 5) is 19.9. The van der Waals surface area contributed by atoms with E-state index < -0.39 is 5.66 Å². The summed E-state index contributed by atoms with van der Waals surface area (Å²) >= 11 is 0. The Morgan fingerprint density at radius 1 is 1.00 bits per heavy atom. The molecule has 1 unspecified atom stereocenters. The van der Waals surface area contributed by atoms with E-state index in [4.69, 9.17) is 0 Å². The highest BCUT2D eigenvalue weighted by Gasteiger charge is 2.57. The van der Waals surface area contributed by atoms with Crippen molar-refractivity contribution in [2.45, 2.75) is 12.1 Å². The van der Waals surface area contributed by atoms with Crippen LogP contribution in [-0.4, -0.2) is 60.9 Å². The van der Waals surface area contributed by atoms with Crippen LogP contribution in [0.1, 0.15) is 27.9 Å². The first-order chi connectivity index (χ1) is 12.2. The van der Waals surface area contributed by atoms with Crippen molar-refractivity contribution in [1.82, 2.24) is 14.7 Å². The van der Waals surface area contributed by atoms with Gasteiger partial charge < -0.3 is 9.80 Å². The van der Waals surface area contributed by atoms with E-state index in [-0.39, 0.29) is 5.91 Å². The molecular weight excluding hydrogens is 310 g/mol. The molecule has 0 spiro atoms. The first-order valence-electron chi connectivity index (χ1n) is 9.02. The molecule has 1 fully saturated rings. The normalized spacial score (nSPS) is 22.5. The smallest absolute Gasteiger partial charge is 0.256 e. The lowest BCUT2D eigenvalue weighted by atomic mass is 9.90. The third-order valence-corrected chi connectivity index (χ3v) is 5.43. The lowest BCUT2D eigenvalue weighted by Crippen LogP contribution is -2.49. The average molecular weight is 335 g/mol. The first-order valence-corrected chi connectivity index (χ1v) is 9.02. The number of carbonyl (C=O) groups excluding carboxylic acids is 1. The molecule has 1 saturated heterocycles. The predicted octanol–water partition coefficient (Wildman–Crippen LogP) is 2.61.